The van der Waals surface area contributed by atoms with Gasteiger partial charge in [0.2, 0.25) is 11.8 Å². The van der Waals surface area contributed by atoms with E-state index in [0.717, 1.165) is 28.6 Å². The molecule has 3 rings (SSSR count). The van der Waals surface area contributed by atoms with Crippen LogP contribution in [0.2, 0.25) is 5.02 Å². The van der Waals surface area contributed by atoms with Gasteiger partial charge in [0.05, 0.1) is 10.6 Å². The van der Waals surface area contributed by atoms with Crippen molar-refractivity contribution < 1.29 is 22.4 Å². The molecule has 38 heavy (non-hydrogen) atoms. The molecule has 7 nitrogen and oxygen atoms in total. The van der Waals surface area contributed by atoms with Crippen LogP contribution in [0.3, 0.4) is 0 Å². The van der Waals surface area contributed by atoms with Crippen molar-refractivity contribution in [3.05, 3.63) is 95.3 Å². The fourth-order valence-electron chi connectivity index (χ4n) is 3.72. The van der Waals surface area contributed by atoms with Crippen molar-refractivity contribution in [2.75, 3.05) is 17.4 Å². The summed E-state index contributed by atoms with van der Waals surface area (Å²) in [4.78, 5) is 27.9. The predicted octanol–water partition coefficient (Wildman–Crippen LogP) is 4.86. The van der Waals surface area contributed by atoms with Gasteiger partial charge in [-0.25, -0.2) is 12.8 Å². The Labute approximate surface area is 228 Å². The maximum Gasteiger partial charge on any atom is 0.264 e. The number of sulfonamides is 1. The normalized spacial score (nSPS) is 12.2. The van der Waals surface area contributed by atoms with E-state index in [1.807, 2.05) is 13.8 Å². The highest BCUT2D eigenvalue weighted by Crippen LogP contribution is 2.25. The number of halogens is 2. The maximum absolute atomic E-state index is 13.8. The summed E-state index contributed by atoms with van der Waals surface area (Å²) in [7, 11) is -4.25. The second-order valence-corrected chi connectivity index (χ2v) is 11.6. The van der Waals surface area contributed by atoms with Crippen molar-refractivity contribution in [1.29, 1.82) is 0 Å². The first-order valence-corrected chi connectivity index (χ1v) is 14.0. The van der Waals surface area contributed by atoms with Crippen molar-refractivity contribution in [1.82, 2.24) is 10.2 Å². The number of hydrogen-bond donors (Lipinski definition) is 1. The summed E-state index contributed by atoms with van der Waals surface area (Å²) in [6.45, 7) is 5.40. The van der Waals surface area contributed by atoms with Gasteiger partial charge in [-0.3, -0.25) is 13.9 Å². The Hall–Kier alpha value is -3.43. The summed E-state index contributed by atoms with van der Waals surface area (Å²) in [5, 5.41) is 3.30. The maximum atomic E-state index is 13.8. The summed E-state index contributed by atoms with van der Waals surface area (Å²) in [5.74, 6) is -1.33. The molecule has 1 atom stereocenters. The quantitative estimate of drug-likeness (QED) is 0.363. The first-order valence-electron chi connectivity index (χ1n) is 12.1. The third kappa shape index (κ3) is 7.55. The molecule has 3 aromatic rings. The van der Waals surface area contributed by atoms with Crippen molar-refractivity contribution in [3.63, 3.8) is 0 Å². The Morgan fingerprint density at radius 3 is 2.21 bits per heavy atom. The summed E-state index contributed by atoms with van der Waals surface area (Å²) < 4.78 is 41.7. The molecule has 0 aromatic heterocycles. The van der Waals surface area contributed by atoms with E-state index in [9.17, 15) is 22.4 Å². The van der Waals surface area contributed by atoms with E-state index >= 15 is 0 Å². The van der Waals surface area contributed by atoms with Crippen LogP contribution in [0, 0.1) is 11.7 Å². The minimum atomic E-state index is -4.25. The standard InChI is InChI=1S/C28H31ClFN3O4S/c1-20(2)17-31-28(35)21(3)32(18-22-8-7-9-23(29)16-22)27(34)19-33(25-10-5-4-6-11-25)38(36,37)26-14-12-24(30)13-15-26/h4-16,20-21H,17-19H2,1-3H3,(H,31,35)/t21-/m1/s1. The Morgan fingerprint density at radius 2 is 1.61 bits per heavy atom. The molecule has 202 valence electrons. The van der Waals surface area contributed by atoms with E-state index in [-0.39, 0.29) is 29.0 Å². The van der Waals surface area contributed by atoms with Crippen LogP contribution in [0.1, 0.15) is 26.3 Å². The van der Waals surface area contributed by atoms with Crippen LogP contribution in [0.15, 0.2) is 83.8 Å². The Morgan fingerprint density at radius 1 is 0.947 bits per heavy atom. The van der Waals surface area contributed by atoms with E-state index in [0.29, 0.717) is 17.1 Å². The minimum absolute atomic E-state index is 0.0366. The number of anilines is 1. The minimum Gasteiger partial charge on any atom is -0.354 e. The molecule has 1 N–H and O–H groups in total. The highest BCUT2D eigenvalue weighted by Gasteiger charge is 2.32. The second kappa shape index (κ2) is 12.9. The summed E-state index contributed by atoms with van der Waals surface area (Å²) in [6, 6.07) is 18.5. The first kappa shape index (κ1) is 29.1. The number of nitrogens with zero attached hydrogens (tertiary/aromatic N) is 2. The molecule has 0 fully saturated rings. The van der Waals surface area contributed by atoms with Crippen LogP contribution in [0.25, 0.3) is 0 Å². The Bertz CT molecular complexity index is 1350. The lowest BCUT2D eigenvalue weighted by Crippen LogP contribution is -2.51. The van der Waals surface area contributed by atoms with Gasteiger partial charge in [0.15, 0.2) is 0 Å². The summed E-state index contributed by atoms with van der Waals surface area (Å²) in [6.07, 6.45) is 0. The number of rotatable bonds is 11. The van der Waals surface area contributed by atoms with Gasteiger partial charge < -0.3 is 10.2 Å². The van der Waals surface area contributed by atoms with Crippen LogP contribution in [-0.4, -0.2) is 44.3 Å². The molecule has 0 bridgehead atoms. The number of hydrogen-bond acceptors (Lipinski definition) is 4. The van der Waals surface area contributed by atoms with E-state index in [2.05, 4.69) is 5.32 Å². The summed E-state index contributed by atoms with van der Waals surface area (Å²) >= 11 is 6.14. The van der Waals surface area contributed by atoms with E-state index in [1.54, 1.807) is 61.5 Å². The van der Waals surface area contributed by atoms with Gasteiger partial charge in [-0.2, -0.15) is 0 Å². The van der Waals surface area contributed by atoms with Crippen LogP contribution in [0.4, 0.5) is 10.1 Å². The highest BCUT2D eigenvalue weighted by molar-refractivity contribution is 7.92. The van der Waals surface area contributed by atoms with E-state index in [1.165, 1.54) is 4.90 Å². The van der Waals surface area contributed by atoms with Crippen molar-refractivity contribution in [2.45, 2.75) is 38.3 Å². The second-order valence-electron chi connectivity index (χ2n) is 9.27. The van der Waals surface area contributed by atoms with Gasteiger partial charge in [-0.1, -0.05) is 55.8 Å². The van der Waals surface area contributed by atoms with E-state index < -0.39 is 34.3 Å². The highest BCUT2D eigenvalue weighted by atomic mass is 35.5. The number of benzene rings is 3. The molecule has 0 aliphatic heterocycles. The molecule has 0 radical (unpaired) electrons. The predicted molar refractivity (Wildman–Crippen MR) is 147 cm³/mol. The summed E-state index contributed by atoms with van der Waals surface area (Å²) in [5.41, 5.74) is 0.937. The van der Waals surface area contributed by atoms with E-state index in [4.69, 9.17) is 11.6 Å². The number of para-hydroxylation sites is 1. The molecular formula is C28H31ClFN3O4S. The van der Waals surface area contributed by atoms with Gasteiger partial charge in [0, 0.05) is 18.1 Å². The van der Waals surface area contributed by atoms with Crippen molar-refractivity contribution >= 4 is 39.1 Å². The van der Waals surface area contributed by atoms with Crippen molar-refractivity contribution in [3.8, 4) is 0 Å². The molecule has 2 amide bonds. The monoisotopic (exact) mass is 559 g/mol. The zero-order valence-electron chi connectivity index (χ0n) is 21.5. The molecule has 10 heteroatoms. The van der Waals surface area contributed by atoms with Crippen LogP contribution >= 0.6 is 11.6 Å². The SMILES string of the molecule is CC(C)CNC(=O)[C@@H](C)N(Cc1cccc(Cl)c1)C(=O)CN(c1ccccc1)S(=O)(=O)c1ccc(F)cc1. The first-order chi connectivity index (χ1) is 18.0. The van der Waals surface area contributed by atoms with Crippen LogP contribution in [0.5, 0.6) is 0 Å². The number of carbonyl (C=O) groups is 2. The average Bonchev–Trinajstić information content (AvgIpc) is 2.89. The smallest absolute Gasteiger partial charge is 0.264 e. The van der Waals surface area contributed by atoms with Gasteiger partial charge in [0.1, 0.15) is 18.4 Å². The fourth-order valence-corrected chi connectivity index (χ4v) is 5.35. The number of amides is 2. The molecule has 0 saturated heterocycles. The average molecular weight is 560 g/mol. The third-order valence-corrected chi connectivity index (χ3v) is 7.84. The molecule has 0 spiro atoms. The zero-order chi connectivity index (χ0) is 27.9. The molecule has 3 aromatic carbocycles. The number of carbonyl (C=O) groups excluding carboxylic acids is 2. The largest absolute Gasteiger partial charge is 0.354 e. The Balaban J connectivity index is 1.98. The Kier molecular flexibility index (Phi) is 9.88. The van der Waals surface area contributed by atoms with Gasteiger partial charge in [0.25, 0.3) is 10.0 Å². The third-order valence-electron chi connectivity index (χ3n) is 5.82. The molecule has 0 aliphatic carbocycles. The molecule has 0 aliphatic rings. The number of nitrogens with one attached hydrogen (secondary N) is 1. The molecule has 0 saturated carbocycles. The molecular weight excluding hydrogens is 529 g/mol. The van der Waals surface area contributed by atoms with Gasteiger partial charge in [-0.15, -0.1) is 0 Å². The van der Waals surface area contributed by atoms with Crippen molar-refractivity contribution in [2.24, 2.45) is 5.92 Å². The van der Waals surface area contributed by atoms with Crippen LogP contribution < -0.4 is 9.62 Å². The lowest BCUT2D eigenvalue weighted by atomic mass is 10.1. The molecule has 0 heterocycles. The van der Waals surface area contributed by atoms with Gasteiger partial charge >= 0.3 is 0 Å². The van der Waals surface area contributed by atoms with Crippen LogP contribution in [-0.2, 0) is 26.2 Å². The lowest BCUT2D eigenvalue weighted by Gasteiger charge is -2.32. The van der Waals surface area contributed by atoms with Gasteiger partial charge in [-0.05, 0) is 66.9 Å². The molecule has 0 unspecified atom stereocenters. The zero-order valence-corrected chi connectivity index (χ0v) is 23.0. The fraction of sp³-hybridized carbons (Fsp3) is 0.286. The topological polar surface area (TPSA) is 86.8 Å². The lowest BCUT2D eigenvalue weighted by molar-refractivity contribution is -0.139.